The van der Waals surface area contributed by atoms with Gasteiger partial charge in [0.05, 0.1) is 31.7 Å². The molecule has 0 radical (unpaired) electrons. The Balaban J connectivity index is 0.00000144. The number of nitrogens with zero attached hydrogens (tertiary/aromatic N) is 2. The van der Waals surface area contributed by atoms with E-state index in [0.29, 0.717) is 5.02 Å². The number of quaternary nitrogens is 1. The fraction of sp³-hybridized carbons (Fsp3) is 0.308. The van der Waals surface area contributed by atoms with Gasteiger partial charge in [0, 0.05) is 17.1 Å². The van der Waals surface area contributed by atoms with Gasteiger partial charge in [-0.15, -0.1) is 0 Å². The van der Waals surface area contributed by atoms with Crippen molar-refractivity contribution in [1.29, 1.82) is 0 Å². The predicted molar refractivity (Wildman–Crippen MR) is 68.5 cm³/mol. The van der Waals surface area contributed by atoms with Gasteiger partial charge in [0.15, 0.2) is 0 Å². The monoisotopic (exact) mass is 314 g/mol. The summed E-state index contributed by atoms with van der Waals surface area (Å²) in [6, 6.07) is 8.05. The second-order valence-corrected chi connectivity index (χ2v) is 5.51. The maximum absolute atomic E-state index is 6.08. The summed E-state index contributed by atoms with van der Waals surface area (Å²) in [5.41, 5.74) is 2.12. The smallest absolute Gasteiger partial charge is 0.105 e. The van der Waals surface area contributed by atoms with Gasteiger partial charge in [-0.05, 0) is 12.1 Å². The zero-order valence-corrected chi connectivity index (χ0v) is 12.6. The van der Waals surface area contributed by atoms with Crippen molar-refractivity contribution < 1.29 is 21.5 Å². The van der Waals surface area contributed by atoms with E-state index >= 15 is 0 Å². The van der Waals surface area contributed by atoms with E-state index < -0.39 is 0 Å². The average Bonchev–Trinajstić information content (AvgIpc) is 2.15. The van der Waals surface area contributed by atoms with Gasteiger partial charge in [-0.25, -0.2) is 0 Å². The zero-order chi connectivity index (χ0) is 11.8. The normalized spacial score (nSPS) is 11.3. The lowest BCUT2D eigenvalue weighted by atomic mass is 10.1. The summed E-state index contributed by atoms with van der Waals surface area (Å²) < 4.78 is 0.897. The number of hydrogen-bond acceptors (Lipinski definition) is 1. The molecule has 0 aliphatic carbocycles. The molecule has 2 nitrogen and oxygen atoms in total. The number of benzene rings is 1. The van der Waals surface area contributed by atoms with Gasteiger partial charge < -0.3 is 21.5 Å². The zero-order valence-electron chi connectivity index (χ0n) is 10.2. The molecule has 0 N–H and O–H groups in total. The summed E-state index contributed by atoms with van der Waals surface area (Å²) in [6.07, 6.45) is 1.91. The second-order valence-electron chi connectivity index (χ2n) is 5.10. The lowest BCUT2D eigenvalue weighted by Gasteiger charge is -2.23. The van der Waals surface area contributed by atoms with E-state index in [0.717, 1.165) is 21.9 Å². The average molecular weight is 316 g/mol. The maximum Gasteiger partial charge on any atom is 0.105 e. The molecule has 2 rings (SSSR count). The molecule has 4 heteroatoms. The third-order valence-corrected chi connectivity index (χ3v) is 2.68. The molecule has 0 aliphatic heterocycles. The molecule has 0 atom stereocenters. The van der Waals surface area contributed by atoms with E-state index in [1.807, 2.05) is 24.4 Å². The molecular weight excluding hydrogens is 300 g/mol. The van der Waals surface area contributed by atoms with Gasteiger partial charge in [-0.2, -0.15) is 0 Å². The molecule has 1 aromatic heterocycles. The van der Waals surface area contributed by atoms with Crippen LogP contribution < -0.4 is 17.0 Å². The van der Waals surface area contributed by atoms with Gasteiger partial charge in [0.25, 0.3) is 0 Å². The second kappa shape index (κ2) is 5.34. The van der Waals surface area contributed by atoms with Gasteiger partial charge in [-0.1, -0.05) is 23.7 Å². The van der Waals surface area contributed by atoms with Crippen molar-refractivity contribution in [3.63, 3.8) is 0 Å². The Hall–Kier alpha value is -0.640. The number of rotatable bonds is 2. The molecule has 2 aromatic rings. The van der Waals surface area contributed by atoms with Gasteiger partial charge in [0.2, 0.25) is 0 Å². The van der Waals surface area contributed by atoms with Crippen LogP contribution in [0, 0.1) is 0 Å². The first-order valence-electron chi connectivity index (χ1n) is 5.29. The predicted octanol–water partition coefficient (Wildman–Crippen LogP) is 0.0984. The lowest BCUT2D eigenvalue weighted by molar-refractivity contribution is -0.884. The first kappa shape index (κ1) is 14.4. The highest BCUT2D eigenvalue weighted by atomic mass is 79.9. The minimum absolute atomic E-state index is 0. The number of aromatic nitrogens is 1. The molecule has 0 amide bonds. The summed E-state index contributed by atoms with van der Waals surface area (Å²) in [6.45, 7) is 0.968. The van der Waals surface area contributed by atoms with Crippen LogP contribution in [0.2, 0.25) is 5.02 Å². The third kappa shape index (κ3) is 3.66. The van der Waals surface area contributed by atoms with Crippen molar-refractivity contribution in [3.05, 3.63) is 41.0 Å². The molecule has 17 heavy (non-hydrogen) atoms. The highest BCUT2D eigenvalue weighted by Gasteiger charge is 2.09. The standard InChI is InChI=1S/C13H16ClN2.BrH/c1-16(2,3)9-10-7-11-5-4-6-12(14)13(11)15-8-10;/h4-8H,9H2,1-3H3;1H/q+1;/p-1. The Labute approximate surface area is 118 Å². The molecule has 0 bridgehead atoms. The number of para-hydroxylation sites is 1. The van der Waals surface area contributed by atoms with Gasteiger partial charge >= 0.3 is 0 Å². The maximum atomic E-state index is 6.08. The van der Waals surface area contributed by atoms with E-state index in [1.54, 1.807) is 0 Å². The van der Waals surface area contributed by atoms with Gasteiger partial charge in [0.1, 0.15) is 6.54 Å². The van der Waals surface area contributed by atoms with E-state index in [4.69, 9.17) is 11.6 Å². The Morgan fingerprint density at radius 2 is 1.94 bits per heavy atom. The van der Waals surface area contributed by atoms with Crippen LogP contribution in [0.5, 0.6) is 0 Å². The van der Waals surface area contributed by atoms with E-state index in [1.165, 1.54) is 5.56 Å². The molecule has 0 saturated carbocycles. The molecular formula is C13H16BrClN2. The highest BCUT2D eigenvalue weighted by molar-refractivity contribution is 6.35. The lowest BCUT2D eigenvalue weighted by Crippen LogP contribution is -3.00. The van der Waals surface area contributed by atoms with Crippen molar-refractivity contribution in [3.8, 4) is 0 Å². The summed E-state index contributed by atoms with van der Waals surface area (Å²) >= 11 is 6.08. The number of halogens is 2. The van der Waals surface area contributed by atoms with E-state index in [9.17, 15) is 0 Å². The van der Waals surface area contributed by atoms with Crippen molar-refractivity contribution in [1.82, 2.24) is 4.98 Å². The molecule has 0 fully saturated rings. The Kier molecular flexibility index (Phi) is 4.53. The number of hydrogen-bond donors (Lipinski definition) is 0. The number of pyridine rings is 1. The molecule has 1 heterocycles. The minimum atomic E-state index is 0. The quantitative estimate of drug-likeness (QED) is 0.716. The Morgan fingerprint density at radius 1 is 1.24 bits per heavy atom. The first-order chi connectivity index (χ1) is 7.46. The summed E-state index contributed by atoms with van der Waals surface area (Å²) in [4.78, 5) is 4.42. The Morgan fingerprint density at radius 3 is 2.59 bits per heavy atom. The summed E-state index contributed by atoms with van der Waals surface area (Å²) in [7, 11) is 6.51. The first-order valence-corrected chi connectivity index (χ1v) is 5.67. The van der Waals surface area contributed by atoms with Crippen LogP contribution in [0.4, 0.5) is 0 Å². The summed E-state index contributed by atoms with van der Waals surface area (Å²) in [5.74, 6) is 0. The van der Waals surface area contributed by atoms with Crippen molar-refractivity contribution in [2.75, 3.05) is 21.1 Å². The van der Waals surface area contributed by atoms with Crippen LogP contribution in [0.1, 0.15) is 5.56 Å². The molecule has 92 valence electrons. The summed E-state index contributed by atoms with van der Waals surface area (Å²) in [5, 5.41) is 1.83. The van der Waals surface area contributed by atoms with Crippen LogP contribution in [0.25, 0.3) is 10.9 Å². The molecule has 0 unspecified atom stereocenters. The fourth-order valence-electron chi connectivity index (χ4n) is 1.80. The van der Waals surface area contributed by atoms with Crippen LogP contribution in [0.15, 0.2) is 30.5 Å². The molecule has 0 aliphatic rings. The van der Waals surface area contributed by atoms with Gasteiger partial charge in [-0.3, -0.25) is 4.98 Å². The molecule has 1 aromatic carbocycles. The van der Waals surface area contributed by atoms with Crippen LogP contribution >= 0.6 is 11.6 Å². The van der Waals surface area contributed by atoms with E-state index in [2.05, 4.69) is 32.2 Å². The third-order valence-electron chi connectivity index (χ3n) is 2.38. The SMILES string of the molecule is C[N+](C)(C)Cc1cnc2c(Cl)cccc2c1.[Br-]. The molecule has 0 spiro atoms. The van der Waals surface area contributed by atoms with Crippen LogP contribution in [-0.2, 0) is 6.54 Å². The largest absolute Gasteiger partial charge is 1.00 e. The van der Waals surface area contributed by atoms with Crippen LogP contribution in [0.3, 0.4) is 0 Å². The van der Waals surface area contributed by atoms with Crippen molar-refractivity contribution in [2.45, 2.75) is 6.54 Å². The van der Waals surface area contributed by atoms with Crippen molar-refractivity contribution >= 4 is 22.5 Å². The Bertz CT molecular complexity index is 520. The topological polar surface area (TPSA) is 12.9 Å². The van der Waals surface area contributed by atoms with E-state index in [-0.39, 0.29) is 17.0 Å². The fourth-order valence-corrected chi connectivity index (χ4v) is 2.03. The molecule has 0 saturated heterocycles. The minimum Gasteiger partial charge on any atom is -1.00 e. The highest BCUT2D eigenvalue weighted by Crippen LogP contribution is 2.22. The number of fused-ring (bicyclic) bond motifs is 1. The van der Waals surface area contributed by atoms with Crippen LogP contribution in [-0.4, -0.2) is 30.6 Å². The van der Waals surface area contributed by atoms with Crippen molar-refractivity contribution in [2.24, 2.45) is 0 Å².